The third kappa shape index (κ3) is 8.94. The normalized spacial score (nSPS) is 20.7. The van der Waals surface area contributed by atoms with Gasteiger partial charge in [0, 0.05) is 10.6 Å². The van der Waals surface area contributed by atoms with Crippen LogP contribution in [0.2, 0.25) is 0 Å². The van der Waals surface area contributed by atoms with E-state index in [0.29, 0.717) is 0 Å². The fourth-order valence-corrected chi connectivity index (χ4v) is 3.57. The highest BCUT2D eigenvalue weighted by molar-refractivity contribution is 9.10. The van der Waals surface area contributed by atoms with Crippen LogP contribution in [0.4, 0.5) is 0 Å². The molecule has 0 saturated carbocycles. The first-order valence-electron chi connectivity index (χ1n) is 13.0. The Labute approximate surface area is 234 Å². The summed E-state index contributed by atoms with van der Waals surface area (Å²) >= 11 is 3.35. The molecule has 2 aliphatic rings. The molecule has 2 heterocycles. The molecule has 0 unspecified atom stereocenters. The summed E-state index contributed by atoms with van der Waals surface area (Å²) in [5.41, 5.74) is 2.52. The van der Waals surface area contributed by atoms with Crippen LogP contribution in [0, 0.1) is 13.8 Å². The molecular weight excluding hydrogens is 530 g/mol. The van der Waals surface area contributed by atoms with Crippen LogP contribution < -0.4 is 5.46 Å². The van der Waals surface area contributed by atoms with Gasteiger partial charge in [-0.25, -0.2) is 0 Å². The monoisotopic (exact) mass is 574 g/mol. The quantitative estimate of drug-likeness (QED) is 0.368. The molecule has 0 N–H and O–H groups in total. The molecule has 0 radical (unpaired) electrons. The van der Waals surface area contributed by atoms with Gasteiger partial charge in [0.25, 0.3) is 0 Å². The van der Waals surface area contributed by atoms with E-state index in [1.54, 1.807) is 0 Å². The van der Waals surface area contributed by atoms with Crippen LogP contribution in [0.1, 0.15) is 80.4 Å². The van der Waals surface area contributed by atoms with Crippen molar-refractivity contribution in [2.75, 3.05) is 0 Å². The van der Waals surface area contributed by atoms with Crippen LogP contribution in [0.5, 0.6) is 0 Å². The van der Waals surface area contributed by atoms with Crippen LogP contribution >= 0.6 is 15.9 Å². The molecule has 5 nitrogen and oxygen atoms in total. The minimum atomic E-state index is -0.523. The van der Waals surface area contributed by atoms with Gasteiger partial charge in [-0.3, -0.25) is 0 Å². The molecule has 0 spiro atoms. The number of hydrogen-bond donors (Lipinski definition) is 0. The van der Waals surface area contributed by atoms with Gasteiger partial charge in [-0.15, -0.1) is 0 Å². The van der Waals surface area contributed by atoms with E-state index in [-0.39, 0.29) is 35.6 Å². The summed E-state index contributed by atoms with van der Waals surface area (Å²) in [5.74, 6) is 0. The lowest BCUT2D eigenvalue weighted by Gasteiger charge is -2.32. The van der Waals surface area contributed by atoms with E-state index in [0.717, 1.165) is 9.94 Å². The molecule has 2 aromatic rings. The Morgan fingerprint density at radius 3 is 1.32 bits per heavy atom. The van der Waals surface area contributed by atoms with Crippen molar-refractivity contribution in [3.8, 4) is 0 Å². The Morgan fingerprint density at radius 2 is 0.973 bits per heavy atom. The molecule has 2 saturated heterocycles. The smallest absolute Gasteiger partial charge is 0.399 e. The highest BCUT2D eigenvalue weighted by Gasteiger charge is 2.53. The number of halogens is 1. The SMILES string of the molecule is CC(C)OB1OC(C)(C)C(C)(C)O1.Cc1ccc(B2OC(C)(C)C(C)(C)O2)cc1.Cc1ccc(Br)cc1. The average Bonchev–Trinajstić information content (AvgIpc) is 3.09. The lowest BCUT2D eigenvalue weighted by molar-refractivity contribution is 0.00578. The fourth-order valence-electron chi connectivity index (χ4n) is 3.30. The predicted octanol–water partition coefficient (Wildman–Crippen LogP) is 7.05. The first kappa shape index (κ1) is 32.1. The van der Waals surface area contributed by atoms with Gasteiger partial charge in [-0.05, 0) is 101 Å². The second kappa shape index (κ2) is 12.4. The van der Waals surface area contributed by atoms with Crippen molar-refractivity contribution >= 4 is 35.8 Å². The van der Waals surface area contributed by atoms with Crippen molar-refractivity contribution in [3.63, 3.8) is 0 Å². The van der Waals surface area contributed by atoms with Crippen molar-refractivity contribution in [2.45, 2.75) is 112 Å². The number of hydrogen-bond acceptors (Lipinski definition) is 5. The maximum Gasteiger partial charge on any atom is 0.640 e. The van der Waals surface area contributed by atoms with Crippen molar-refractivity contribution in [3.05, 3.63) is 64.1 Å². The first-order valence-corrected chi connectivity index (χ1v) is 13.8. The second-order valence-corrected chi connectivity index (χ2v) is 12.9. The van der Waals surface area contributed by atoms with Gasteiger partial charge in [0.1, 0.15) is 0 Å². The van der Waals surface area contributed by atoms with Crippen molar-refractivity contribution in [1.82, 2.24) is 0 Å². The molecule has 0 atom stereocenters. The molecule has 0 amide bonds. The van der Waals surface area contributed by atoms with Crippen molar-refractivity contribution < 1.29 is 23.3 Å². The Kier molecular flexibility index (Phi) is 10.7. The minimum Gasteiger partial charge on any atom is -0.399 e. The topological polar surface area (TPSA) is 46.2 Å². The summed E-state index contributed by atoms with van der Waals surface area (Å²) in [6.45, 7) is 24.4. The highest BCUT2D eigenvalue weighted by atomic mass is 79.9. The number of benzene rings is 2. The summed E-state index contributed by atoms with van der Waals surface area (Å²) in [5, 5.41) is 0. The largest absolute Gasteiger partial charge is 0.640 e. The average molecular weight is 575 g/mol. The first-order chi connectivity index (χ1) is 16.8. The highest BCUT2D eigenvalue weighted by Crippen LogP contribution is 2.37. The lowest BCUT2D eigenvalue weighted by atomic mass is 9.79. The predicted molar refractivity (Wildman–Crippen MR) is 158 cm³/mol. The molecular formula is C29H45B2BrO5. The van der Waals surface area contributed by atoms with Gasteiger partial charge < -0.3 is 23.3 Å². The Morgan fingerprint density at radius 1 is 0.622 bits per heavy atom. The van der Waals surface area contributed by atoms with Crippen LogP contribution in [-0.2, 0) is 23.3 Å². The van der Waals surface area contributed by atoms with Gasteiger partial charge >= 0.3 is 14.4 Å². The summed E-state index contributed by atoms with van der Waals surface area (Å²) in [6, 6.07) is 16.5. The molecule has 37 heavy (non-hydrogen) atoms. The fraction of sp³-hybridized carbons (Fsp3) is 0.586. The van der Waals surface area contributed by atoms with Crippen LogP contribution in [0.15, 0.2) is 53.0 Å². The third-order valence-corrected chi connectivity index (χ3v) is 7.76. The second-order valence-electron chi connectivity index (χ2n) is 12.0. The van der Waals surface area contributed by atoms with Gasteiger partial charge in [0.15, 0.2) is 0 Å². The maximum atomic E-state index is 5.97. The van der Waals surface area contributed by atoms with Crippen LogP contribution in [0.3, 0.4) is 0 Å². The molecule has 8 heteroatoms. The Bertz CT molecular complexity index is 935. The zero-order valence-electron chi connectivity index (χ0n) is 24.8. The summed E-state index contributed by atoms with van der Waals surface area (Å²) in [6.07, 6.45) is 0.120. The summed E-state index contributed by atoms with van der Waals surface area (Å²) < 4.78 is 29.8. The van der Waals surface area contributed by atoms with Crippen LogP contribution in [0.25, 0.3) is 0 Å². The Hall–Kier alpha value is -1.15. The molecule has 4 rings (SSSR count). The van der Waals surface area contributed by atoms with E-state index in [1.165, 1.54) is 11.1 Å². The standard InChI is InChI=1S/C13H19BO2.C9H19BO3.C7H7Br/c1-10-6-8-11(9-7-10)14-15-12(2,3)13(4,5)16-14;1-7(2)11-10-12-8(3,4)9(5,6)13-10;1-6-2-4-7(8)5-3-6/h6-9H,1-5H3;7H,1-6H3;2-5H,1H3. The zero-order valence-corrected chi connectivity index (χ0v) is 26.4. The molecule has 2 aromatic carbocycles. The van der Waals surface area contributed by atoms with Gasteiger partial charge in [-0.1, -0.05) is 63.5 Å². The molecule has 2 fully saturated rings. The Balaban J connectivity index is 0.000000206. The molecule has 2 aliphatic heterocycles. The number of aryl methyl sites for hydroxylation is 2. The van der Waals surface area contributed by atoms with Crippen LogP contribution in [-0.4, -0.2) is 42.9 Å². The molecule has 0 aromatic heterocycles. The molecule has 0 aliphatic carbocycles. The van der Waals surface area contributed by atoms with E-state index in [9.17, 15) is 0 Å². The van der Waals surface area contributed by atoms with Gasteiger partial charge in [0.05, 0.1) is 22.4 Å². The molecule has 204 valence electrons. The van der Waals surface area contributed by atoms with Crippen molar-refractivity contribution in [1.29, 1.82) is 0 Å². The zero-order chi connectivity index (χ0) is 28.2. The van der Waals surface area contributed by atoms with Crippen molar-refractivity contribution in [2.24, 2.45) is 0 Å². The summed E-state index contributed by atoms with van der Waals surface area (Å²) in [7, 11) is -0.768. The number of rotatable bonds is 3. The van der Waals surface area contributed by atoms with E-state index in [2.05, 4.69) is 93.9 Å². The van der Waals surface area contributed by atoms with E-state index in [4.69, 9.17) is 23.3 Å². The lowest BCUT2D eigenvalue weighted by Crippen LogP contribution is -2.41. The molecule has 0 bridgehead atoms. The third-order valence-electron chi connectivity index (χ3n) is 7.23. The van der Waals surface area contributed by atoms with Gasteiger partial charge in [-0.2, -0.15) is 0 Å². The van der Waals surface area contributed by atoms with E-state index >= 15 is 0 Å². The summed E-state index contributed by atoms with van der Waals surface area (Å²) in [4.78, 5) is 0. The maximum absolute atomic E-state index is 5.97. The van der Waals surface area contributed by atoms with E-state index < -0.39 is 7.32 Å². The minimum absolute atomic E-state index is 0.120. The van der Waals surface area contributed by atoms with E-state index in [1.807, 2.05) is 53.7 Å². The van der Waals surface area contributed by atoms with Gasteiger partial charge in [0.2, 0.25) is 0 Å².